The number of methoxy groups -OCH3 is 1. The Morgan fingerprint density at radius 3 is 2.70 bits per heavy atom. The van der Waals surface area contributed by atoms with Gasteiger partial charge in [0.2, 0.25) is 0 Å². The highest BCUT2D eigenvalue weighted by atomic mass is 35.5. The summed E-state index contributed by atoms with van der Waals surface area (Å²) in [6, 6.07) is 11.8. The largest absolute Gasteiger partial charge is 0.497 e. The SMILES string of the molecule is COc1cccc(CC(O)Cc2ccc(F)cc2Cl)c1. The fraction of sp³-hybridized carbons (Fsp3) is 0.250. The summed E-state index contributed by atoms with van der Waals surface area (Å²) in [5, 5.41) is 10.5. The first-order valence-electron chi connectivity index (χ1n) is 6.33. The van der Waals surface area contributed by atoms with Crippen molar-refractivity contribution in [3.05, 3.63) is 64.4 Å². The maximum absolute atomic E-state index is 13.0. The van der Waals surface area contributed by atoms with E-state index in [9.17, 15) is 9.50 Å². The summed E-state index contributed by atoms with van der Waals surface area (Å²) in [6.07, 6.45) is 0.298. The van der Waals surface area contributed by atoms with Crippen molar-refractivity contribution in [3.8, 4) is 5.75 Å². The van der Waals surface area contributed by atoms with Crippen molar-refractivity contribution < 1.29 is 14.2 Å². The lowest BCUT2D eigenvalue weighted by Crippen LogP contribution is -2.14. The van der Waals surface area contributed by atoms with Crippen LogP contribution in [0.25, 0.3) is 0 Å². The normalized spacial score (nSPS) is 12.2. The quantitative estimate of drug-likeness (QED) is 0.912. The van der Waals surface area contributed by atoms with Gasteiger partial charge in [0.25, 0.3) is 0 Å². The summed E-state index contributed by atoms with van der Waals surface area (Å²) in [6.45, 7) is 0. The Bertz CT molecular complexity index is 586. The second-order valence-corrected chi connectivity index (χ2v) is 5.06. The summed E-state index contributed by atoms with van der Waals surface area (Å²) < 4.78 is 18.1. The Hall–Kier alpha value is -1.58. The molecule has 0 amide bonds. The molecule has 0 saturated carbocycles. The summed E-state index contributed by atoms with van der Waals surface area (Å²) in [5.74, 6) is 0.385. The summed E-state index contributed by atoms with van der Waals surface area (Å²) in [7, 11) is 1.60. The standard InChI is InChI=1S/C16H16ClFO2/c1-20-15-4-2-3-11(8-15)7-14(19)9-12-5-6-13(18)10-16(12)17/h2-6,8,10,14,19H,7,9H2,1H3. The van der Waals surface area contributed by atoms with Crippen molar-refractivity contribution in [1.82, 2.24) is 0 Å². The molecule has 106 valence electrons. The van der Waals surface area contributed by atoms with Gasteiger partial charge in [-0.25, -0.2) is 4.39 Å². The lowest BCUT2D eigenvalue weighted by molar-refractivity contribution is 0.175. The molecule has 2 aromatic rings. The molecule has 0 fully saturated rings. The minimum Gasteiger partial charge on any atom is -0.497 e. The number of benzene rings is 2. The van der Waals surface area contributed by atoms with Gasteiger partial charge in [0.05, 0.1) is 13.2 Å². The average molecular weight is 295 g/mol. The first-order chi connectivity index (χ1) is 9.58. The van der Waals surface area contributed by atoms with Crippen LogP contribution >= 0.6 is 11.6 Å². The van der Waals surface area contributed by atoms with Crippen LogP contribution in [-0.2, 0) is 12.8 Å². The maximum atomic E-state index is 13.0. The molecule has 0 spiro atoms. The topological polar surface area (TPSA) is 29.5 Å². The molecule has 0 aromatic heterocycles. The van der Waals surface area contributed by atoms with E-state index in [1.165, 1.54) is 12.1 Å². The third kappa shape index (κ3) is 3.95. The van der Waals surface area contributed by atoms with Gasteiger partial charge in [0.1, 0.15) is 11.6 Å². The van der Waals surface area contributed by atoms with E-state index in [0.717, 1.165) is 16.9 Å². The van der Waals surface area contributed by atoms with Gasteiger partial charge in [-0.3, -0.25) is 0 Å². The van der Waals surface area contributed by atoms with Crippen LogP contribution in [0.1, 0.15) is 11.1 Å². The minimum absolute atomic E-state index is 0.342. The number of halogens is 2. The summed E-state index contributed by atoms with van der Waals surface area (Å²) >= 11 is 5.95. The zero-order valence-electron chi connectivity index (χ0n) is 11.1. The number of aliphatic hydroxyl groups is 1. The van der Waals surface area contributed by atoms with Crippen molar-refractivity contribution in [2.24, 2.45) is 0 Å². The van der Waals surface area contributed by atoms with E-state index < -0.39 is 6.10 Å². The minimum atomic E-state index is -0.579. The van der Waals surface area contributed by atoms with Crippen LogP contribution in [0.5, 0.6) is 5.75 Å². The highest BCUT2D eigenvalue weighted by Gasteiger charge is 2.10. The fourth-order valence-electron chi connectivity index (χ4n) is 2.08. The van der Waals surface area contributed by atoms with E-state index >= 15 is 0 Å². The van der Waals surface area contributed by atoms with Crippen molar-refractivity contribution in [1.29, 1.82) is 0 Å². The van der Waals surface area contributed by atoms with E-state index in [-0.39, 0.29) is 5.82 Å². The molecule has 0 radical (unpaired) electrons. The van der Waals surface area contributed by atoms with Crippen molar-refractivity contribution in [3.63, 3.8) is 0 Å². The second kappa shape index (κ2) is 6.73. The Balaban J connectivity index is 2.02. The smallest absolute Gasteiger partial charge is 0.124 e. The second-order valence-electron chi connectivity index (χ2n) is 4.65. The molecule has 2 rings (SSSR count). The molecule has 2 aromatic carbocycles. The van der Waals surface area contributed by atoms with Crippen molar-refractivity contribution in [2.75, 3.05) is 7.11 Å². The van der Waals surface area contributed by atoms with Gasteiger partial charge in [-0.2, -0.15) is 0 Å². The number of rotatable bonds is 5. The van der Waals surface area contributed by atoms with Crippen molar-refractivity contribution in [2.45, 2.75) is 18.9 Å². The van der Waals surface area contributed by atoms with Crippen LogP contribution in [0.3, 0.4) is 0 Å². The molecule has 4 heteroatoms. The van der Waals surface area contributed by atoms with Gasteiger partial charge in [0.15, 0.2) is 0 Å². The van der Waals surface area contributed by atoms with Crippen LogP contribution in [-0.4, -0.2) is 18.3 Å². The van der Waals surface area contributed by atoms with Crippen LogP contribution in [0.2, 0.25) is 5.02 Å². The van der Waals surface area contributed by atoms with Gasteiger partial charge in [-0.15, -0.1) is 0 Å². The number of hydrogen-bond acceptors (Lipinski definition) is 2. The first kappa shape index (κ1) is 14.8. The van der Waals surface area contributed by atoms with Crippen LogP contribution in [0.15, 0.2) is 42.5 Å². The summed E-state index contributed by atoms with van der Waals surface area (Å²) in [4.78, 5) is 0. The lowest BCUT2D eigenvalue weighted by Gasteiger charge is -2.12. The van der Waals surface area contributed by atoms with Gasteiger partial charge >= 0.3 is 0 Å². The van der Waals surface area contributed by atoms with Gasteiger partial charge in [0, 0.05) is 11.4 Å². The van der Waals surface area contributed by atoms with E-state index in [4.69, 9.17) is 16.3 Å². The predicted octanol–water partition coefficient (Wildman–Crippen LogP) is 3.63. The lowest BCUT2D eigenvalue weighted by atomic mass is 10.0. The fourth-order valence-corrected chi connectivity index (χ4v) is 2.33. The molecule has 1 N–H and O–H groups in total. The highest BCUT2D eigenvalue weighted by molar-refractivity contribution is 6.31. The molecule has 20 heavy (non-hydrogen) atoms. The monoisotopic (exact) mass is 294 g/mol. The zero-order valence-corrected chi connectivity index (χ0v) is 11.9. The molecular formula is C16H16ClFO2. The van der Waals surface area contributed by atoms with Gasteiger partial charge < -0.3 is 9.84 Å². The number of hydrogen-bond donors (Lipinski definition) is 1. The Labute approximate surface area is 122 Å². The Morgan fingerprint density at radius 2 is 2.00 bits per heavy atom. The first-order valence-corrected chi connectivity index (χ1v) is 6.71. The third-order valence-electron chi connectivity index (χ3n) is 3.08. The van der Waals surface area contributed by atoms with Crippen LogP contribution in [0.4, 0.5) is 4.39 Å². The van der Waals surface area contributed by atoms with Gasteiger partial charge in [-0.1, -0.05) is 29.8 Å². The molecule has 0 aliphatic heterocycles. The molecular weight excluding hydrogens is 279 g/mol. The maximum Gasteiger partial charge on any atom is 0.124 e. The predicted molar refractivity (Wildman–Crippen MR) is 77.8 cm³/mol. The molecule has 0 bridgehead atoms. The van der Waals surface area contributed by atoms with Crippen LogP contribution < -0.4 is 4.74 Å². The van der Waals surface area contributed by atoms with Crippen LogP contribution in [0, 0.1) is 5.82 Å². The number of ether oxygens (including phenoxy) is 1. The van der Waals surface area contributed by atoms with E-state index in [0.29, 0.717) is 17.9 Å². The molecule has 0 heterocycles. The summed E-state index contributed by atoms with van der Waals surface area (Å²) in [5.41, 5.74) is 1.72. The Morgan fingerprint density at radius 1 is 1.20 bits per heavy atom. The van der Waals surface area contributed by atoms with E-state index in [2.05, 4.69) is 0 Å². The van der Waals surface area contributed by atoms with E-state index in [1.54, 1.807) is 13.2 Å². The average Bonchev–Trinajstić information content (AvgIpc) is 2.42. The number of aliphatic hydroxyl groups excluding tert-OH is 1. The molecule has 0 aliphatic rings. The molecule has 0 aliphatic carbocycles. The molecule has 0 saturated heterocycles. The van der Waals surface area contributed by atoms with Gasteiger partial charge in [-0.05, 0) is 41.8 Å². The molecule has 1 atom stereocenters. The third-order valence-corrected chi connectivity index (χ3v) is 3.43. The van der Waals surface area contributed by atoms with Crippen molar-refractivity contribution >= 4 is 11.6 Å². The highest BCUT2D eigenvalue weighted by Crippen LogP contribution is 2.20. The Kier molecular flexibility index (Phi) is 4.99. The van der Waals surface area contributed by atoms with E-state index in [1.807, 2.05) is 24.3 Å². The molecule has 1 unspecified atom stereocenters. The molecule has 2 nitrogen and oxygen atoms in total. The zero-order chi connectivity index (χ0) is 14.5.